The van der Waals surface area contributed by atoms with Gasteiger partial charge in [0.2, 0.25) is 0 Å². The predicted octanol–water partition coefficient (Wildman–Crippen LogP) is 5.67. The lowest BCUT2D eigenvalue weighted by Crippen LogP contribution is -2.12. The first-order valence-electron chi connectivity index (χ1n) is 8.71. The van der Waals surface area contributed by atoms with Gasteiger partial charge in [-0.25, -0.2) is 0 Å². The molecule has 1 heterocycles. The summed E-state index contributed by atoms with van der Waals surface area (Å²) >= 11 is 5.93. The predicted molar refractivity (Wildman–Crippen MR) is 112 cm³/mol. The van der Waals surface area contributed by atoms with Crippen molar-refractivity contribution < 1.29 is 9.21 Å². The van der Waals surface area contributed by atoms with Crippen LogP contribution >= 0.6 is 11.6 Å². The fourth-order valence-corrected chi connectivity index (χ4v) is 3.12. The Hall–Kier alpha value is -3.37. The second-order valence-electron chi connectivity index (χ2n) is 6.52. The van der Waals surface area contributed by atoms with E-state index in [1.165, 1.54) is 6.07 Å². The minimum absolute atomic E-state index is 0.171. The molecule has 4 aromatic rings. The van der Waals surface area contributed by atoms with Gasteiger partial charge in [-0.15, -0.1) is 0 Å². The maximum Gasteiger partial charge on any atom is 0.255 e. The van der Waals surface area contributed by atoms with Gasteiger partial charge in [-0.1, -0.05) is 47.5 Å². The smallest absolute Gasteiger partial charge is 0.255 e. The van der Waals surface area contributed by atoms with E-state index in [1.54, 1.807) is 42.5 Å². The zero-order valence-corrected chi connectivity index (χ0v) is 15.8. The van der Waals surface area contributed by atoms with Crippen molar-refractivity contribution >= 4 is 34.2 Å². The monoisotopic (exact) mass is 389 g/mol. The Morgan fingerprint density at radius 3 is 2.50 bits per heavy atom. The molecule has 4 rings (SSSR count). The molecule has 0 aliphatic rings. The second kappa shape index (κ2) is 7.33. The van der Waals surface area contributed by atoms with Crippen molar-refractivity contribution in [1.29, 1.82) is 0 Å². The molecular weight excluding hydrogens is 374 g/mol. The summed E-state index contributed by atoms with van der Waals surface area (Å²) in [7, 11) is 0. The van der Waals surface area contributed by atoms with Gasteiger partial charge in [0, 0.05) is 27.9 Å². The minimum atomic E-state index is -0.303. The fourth-order valence-electron chi connectivity index (χ4n) is 2.93. The number of nitrogens with one attached hydrogen (secondary N) is 1. The third kappa shape index (κ3) is 3.68. The normalized spacial score (nSPS) is 10.8. The molecule has 0 saturated heterocycles. The third-order valence-corrected chi connectivity index (χ3v) is 4.64. The molecule has 28 heavy (non-hydrogen) atoms. The van der Waals surface area contributed by atoms with Crippen molar-refractivity contribution in [2.24, 2.45) is 0 Å². The first-order valence-corrected chi connectivity index (χ1v) is 9.09. The molecule has 0 unspecified atom stereocenters. The quantitative estimate of drug-likeness (QED) is 0.490. The van der Waals surface area contributed by atoms with E-state index in [1.807, 2.05) is 31.2 Å². The highest BCUT2D eigenvalue weighted by atomic mass is 35.5. The van der Waals surface area contributed by atoms with Crippen molar-refractivity contribution in [3.8, 4) is 11.3 Å². The highest BCUT2D eigenvalue weighted by Gasteiger charge is 2.10. The molecule has 0 aliphatic heterocycles. The van der Waals surface area contributed by atoms with E-state index >= 15 is 0 Å². The number of carbonyl (C=O) groups excluding carboxylic acids is 1. The summed E-state index contributed by atoms with van der Waals surface area (Å²) in [6.07, 6.45) is 0. The van der Waals surface area contributed by atoms with Crippen LogP contribution in [0.25, 0.3) is 22.3 Å². The van der Waals surface area contributed by atoms with Crippen LogP contribution in [0.15, 0.2) is 82.0 Å². The summed E-state index contributed by atoms with van der Waals surface area (Å²) in [6.45, 7) is 2.00. The summed E-state index contributed by atoms with van der Waals surface area (Å²) in [6, 6.07) is 20.9. The van der Waals surface area contributed by atoms with Crippen LogP contribution in [0.2, 0.25) is 5.02 Å². The Balaban J connectivity index is 1.67. The van der Waals surface area contributed by atoms with E-state index in [4.69, 9.17) is 16.0 Å². The van der Waals surface area contributed by atoms with Crippen molar-refractivity contribution in [1.82, 2.24) is 0 Å². The molecule has 0 bridgehead atoms. The average Bonchev–Trinajstić information content (AvgIpc) is 2.69. The molecule has 5 heteroatoms. The van der Waals surface area contributed by atoms with Gasteiger partial charge in [-0.3, -0.25) is 9.59 Å². The number of benzene rings is 3. The van der Waals surface area contributed by atoms with Crippen LogP contribution in [0.3, 0.4) is 0 Å². The minimum Gasteiger partial charge on any atom is -0.456 e. The Kier molecular flexibility index (Phi) is 4.72. The third-order valence-electron chi connectivity index (χ3n) is 4.41. The Labute approximate surface area is 166 Å². The molecular formula is C23H16ClNO3. The zero-order valence-electron chi connectivity index (χ0n) is 15.0. The Morgan fingerprint density at radius 1 is 0.964 bits per heavy atom. The molecule has 0 saturated carbocycles. The van der Waals surface area contributed by atoms with Gasteiger partial charge in [0.05, 0.1) is 5.39 Å². The molecule has 138 valence electrons. The Morgan fingerprint density at radius 2 is 1.75 bits per heavy atom. The summed E-state index contributed by atoms with van der Waals surface area (Å²) in [5.74, 6) is 0.204. The van der Waals surface area contributed by atoms with Gasteiger partial charge in [-0.2, -0.15) is 0 Å². The molecule has 1 amide bonds. The number of hydrogen-bond donors (Lipinski definition) is 1. The van der Waals surface area contributed by atoms with E-state index < -0.39 is 0 Å². The molecule has 0 aliphatic carbocycles. The molecule has 0 atom stereocenters. The first-order chi connectivity index (χ1) is 13.5. The molecule has 0 spiro atoms. The van der Waals surface area contributed by atoms with E-state index in [2.05, 4.69) is 5.32 Å². The van der Waals surface area contributed by atoms with Crippen LogP contribution in [0.5, 0.6) is 0 Å². The number of amides is 1. The molecule has 1 N–H and O–H groups in total. The lowest BCUT2D eigenvalue weighted by Gasteiger charge is -2.08. The largest absolute Gasteiger partial charge is 0.456 e. The summed E-state index contributed by atoms with van der Waals surface area (Å²) in [5, 5.41) is 3.66. The number of carbonyl (C=O) groups is 1. The van der Waals surface area contributed by atoms with Crippen LogP contribution in [0.4, 0.5) is 5.69 Å². The van der Waals surface area contributed by atoms with E-state index in [0.717, 1.165) is 11.1 Å². The lowest BCUT2D eigenvalue weighted by atomic mass is 10.1. The summed E-state index contributed by atoms with van der Waals surface area (Å²) in [4.78, 5) is 25.0. The summed E-state index contributed by atoms with van der Waals surface area (Å²) < 4.78 is 5.90. The summed E-state index contributed by atoms with van der Waals surface area (Å²) in [5.41, 5.74) is 3.21. The number of fused-ring (bicyclic) bond motifs is 1. The van der Waals surface area contributed by atoms with E-state index in [9.17, 15) is 9.59 Å². The number of aryl methyl sites for hydroxylation is 1. The van der Waals surface area contributed by atoms with Gasteiger partial charge >= 0.3 is 0 Å². The topological polar surface area (TPSA) is 59.3 Å². The number of halogens is 1. The van der Waals surface area contributed by atoms with Crippen LogP contribution in [-0.2, 0) is 0 Å². The SMILES string of the molecule is Cc1ccc(-c2cc(=O)c3cc(NC(=O)c4cccc(Cl)c4)ccc3o2)cc1. The van der Waals surface area contributed by atoms with E-state index in [0.29, 0.717) is 33.0 Å². The highest BCUT2D eigenvalue weighted by Crippen LogP contribution is 2.24. The fraction of sp³-hybridized carbons (Fsp3) is 0.0435. The number of rotatable bonds is 3. The molecule has 0 fully saturated rings. The van der Waals surface area contributed by atoms with Crippen molar-refractivity contribution in [3.63, 3.8) is 0 Å². The van der Waals surface area contributed by atoms with Gasteiger partial charge in [0.15, 0.2) is 5.43 Å². The molecule has 1 aromatic heterocycles. The first kappa shape index (κ1) is 18.0. The van der Waals surface area contributed by atoms with Gasteiger partial charge in [0.25, 0.3) is 5.91 Å². The van der Waals surface area contributed by atoms with Crippen molar-refractivity contribution in [3.05, 3.63) is 99.2 Å². The maximum atomic E-state index is 12.6. The number of hydrogen-bond acceptors (Lipinski definition) is 3. The molecule has 0 radical (unpaired) electrons. The van der Waals surface area contributed by atoms with Crippen LogP contribution < -0.4 is 10.7 Å². The molecule has 3 aromatic carbocycles. The number of anilines is 1. The van der Waals surface area contributed by atoms with Crippen LogP contribution in [-0.4, -0.2) is 5.91 Å². The van der Waals surface area contributed by atoms with Gasteiger partial charge in [0.1, 0.15) is 11.3 Å². The molecule has 4 nitrogen and oxygen atoms in total. The van der Waals surface area contributed by atoms with E-state index in [-0.39, 0.29) is 11.3 Å². The average molecular weight is 390 g/mol. The van der Waals surface area contributed by atoms with Crippen molar-refractivity contribution in [2.75, 3.05) is 5.32 Å². The van der Waals surface area contributed by atoms with Crippen LogP contribution in [0.1, 0.15) is 15.9 Å². The standard InChI is InChI=1S/C23H16ClNO3/c1-14-5-7-15(8-6-14)22-13-20(26)19-12-18(9-10-21(19)28-22)25-23(27)16-3-2-4-17(24)11-16/h2-13H,1H3,(H,25,27). The van der Waals surface area contributed by atoms with Crippen molar-refractivity contribution in [2.45, 2.75) is 6.92 Å². The zero-order chi connectivity index (χ0) is 19.7. The van der Waals surface area contributed by atoms with Gasteiger partial charge in [-0.05, 0) is 43.3 Å². The highest BCUT2D eigenvalue weighted by molar-refractivity contribution is 6.31. The maximum absolute atomic E-state index is 12.6. The second-order valence-corrected chi connectivity index (χ2v) is 6.95. The van der Waals surface area contributed by atoms with Crippen LogP contribution in [0, 0.1) is 6.92 Å². The van der Waals surface area contributed by atoms with Gasteiger partial charge < -0.3 is 9.73 Å². The lowest BCUT2D eigenvalue weighted by molar-refractivity contribution is 0.102. The Bertz CT molecular complexity index is 1240.